The van der Waals surface area contributed by atoms with Crippen LogP contribution in [-0.2, 0) is 28.8 Å². The van der Waals surface area contributed by atoms with E-state index in [0.29, 0.717) is 0 Å². The molecule has 0 bridgehead atoms. The summed E-state index contributed by atoms with van der Waals surface area (Å²) in [6, 6.07) is 0. The maximum Gasteiger partial charge on any atom is 0.308 e. The van der Waals surface area contributed by atoms with Crippen molar-refractivity contribution in [3.63, 3.8) is 0 Å². The van der Waals surface area contributed by atoms with Gasteiger partial charge in [0.25, 0.3) is 0 Å². The van der Waals surface area contributed by atoms with Crippen LogP contribution in [0.1, 0.15) is 47.7 Å². The van der Waals surface area contributed by atoms with Crippen molar-refractivity contribution in [3.8, 4) is 0 Å². The third-order valence-electron chi connectivity index (χ3n) is 5.28. The second kappa shape index (κ2) is 9.35. The fourth-order valence-electron chi connectivity index (χ4n) is 3.78. The third-order valence-corrected chi connectivity index (χ3v) is 6.50. The summed E-state index contributed by atoms with van der Waals surface area (Å²) < 4.78 is 4.86. The Balaban J connectivity index is 1.39. The minimum absolute atomic E-state index is 0.0327. The Kier molecular flexibility index (Phi) is 6.88. The van der Waals surface area contributed by atoms with Crippen molar-refractivity contribution >= 4 is 23.3 Å². The number of aryl methyl sites for hydroxylation is 3. The van der Waals surface area contributed by atoms with Crippen LogP contribution in [0.2, 0.25) is 0 Å². The van der Waals surface area contributed by atoms with E-state index in [1.165, 1.54) is 42.0 Å². The molecule has 1 fully saturated rings. The summed E-state index contributed by atoms with van der Waals surface area (Å²) in [6.45, 7) is 2.59. The summed E-state index contributed by atoms with van der Waals surface area (Å²) in [5.74, 6) is 0.885. The summed E-state index contributed by atoms with van der Waals surface area (Å²) >= 11 is 1.91. The van der Waals surface area contributed by atoms with E-state index in [4.69, 9.17) is 9.72 Å². The van der Waals surface area contributed by atoms with E-state index < -0.39 is 0 Å². The van der Waals surface area contributed by atoms with Crippen molar-refractivity contribution in [2.45, 2.75) is 51.4 Å². The Hall–Kier alpha value is -1.63. The maximum absolute atomic E-state index is 11.6. The minimum atomic E-state index is -0.0845. The van der Waals surface area contributed by atoms with Gasteiger partial charge in [0.05, 0.1) is 23.7 Å². The van der Waals surface area contributed by atoms with Crippen LogP contribution in [0.25, 0.3) is 0 Å². The highest BCUT2D eigenvalue weighted by Gasteiger charge is 2.26. The number of nitrogens with zero attached hydrogens (tertiary/aromatic N) is 3. The Morgan fingerprint density at radius 3 is 2.81 bits per heavy atom. The first-order valence-corrected chi connectivity index (χ1v) is 10.5. The van der Waals surface area contributed by atoms with Crippen LogP contribution in [0.4, 0.5) is 0 Å². The van der Waals surface area contributed by atoms with Gasteiger partial charge in [-0.05, 0) is 44.9 Å². The molecule has 0 saturated carbocycles. The second-order valence-corrected chi connectivity index (χ2v) is 8.21. The zero-order valence-corrected chi connectivity index (χ0v) is 16.7. The lowest BCUT2D eigenvalue weighted by molar-refractivity contribution is -0.146. The number of carbonyl (C=O) groups is 1. The minimum Gasteiger partial charge on any atom is -0.469 e. The Labute approximate surface area is 160 Å². The van der Waals surface area contributed by atoms with Crippen molar-refractivity contribution < 1.29 is 9.53 Å². The van der Waals surface area contributed by atoms with Gasteiger partial charge >= 0.3 is 5.97 Å². The molecular formula is C19H30N4O2S. The smallest absolute Gasteiger partial charge is 0.308 e. The molecule has 0 aromatic carbocycles. The van der Waals surface area contributed by atoms with Crippen molar-refractivity contribution in [1.29, 1.82) is 0 Å². The largest absolute Gasteiger partial charge is 0.469 e. The molecule has 3 rings (SSSR count). The van der Waals surface area contributed by atoms with E-state index >= 15 is 0 Å². The highest BCUT2D eigenvalue weighted by molar-refractivity contribution is 7.11. The molecule has 0 radical (unpaired) electrons. The lowest BCUT2D eigenvalue weighted by Gasteiger charge is -2.33. The predicted molar refractivity (Wildman–Crippen MR) is 105 cm³/mol. The molecule has 1 saturated heterocycles. The average molecular weight is 379 g/mol. The molecule has 1 N–H and O–H groups in total. The monoisotopic (exact) mass is 378 g/mol. The molecule has 0 amide bonds. The first-order valence-electron chi connectivity index (χ1n) is 9.72. The van der Waals surface area contributed by atoms with Crippen LogP contribution < -0.4 is 5.32 Å². The van der Waals surface area contributed by atoms with Crippen molar-refractivity contribution in [2.24, 2.45) is 10.9 Å². The summed E-state index contributed by atoms with van der Waals surface area (Å²) in [5, 5.41) is 4.75. The first-order chi connectivity index (χ1) is 12.7. The van der Waals surface area contributed by atoms with Crippen LogP contribution in [0.15, 0.2) is 4.99 Å². The molecule has 1 aromatic heterocycles. The zero-order chi connectivity index (χ0) is 18.4. The van der Waals surface area contributed by atoms with Gasteiger partial charge in [-0.1, -0.05) is 0 Å². The number of likely N-dealkylation sites (tertiary alicyclic amines) is 1. The number of methoxy groups -OCH3 is 1. The number of nitrogens with one attached hydrogen (secondary N) is 1. The van der Waals surface area contributed by atoms with Gasteiger partial charge in [-0.25, -0.2) is 4.98 Å². The summed E-state index contributed by atoms with van der Waals surface area (Å²) in [5.41, 5.74) is 1.36. The molecule has 0 unspecified atom stereocenters. The van der Waals surface area contributed by atoms with E-state index in [2.05, 4.69) is 15.2 Å². The quantitative estimate of drug-likeness (QED) is 0.369. The molecule has 144 valence electrons. The van der Waals surface area contributed by atoms with Crippen LogP contribution >= 0.6 is 11.3 Å². The van der Waals surface area contributed by atoms with Crippen LogP contribution in [0.3, 0.4) is 0 Å². The Morgan fingerprint density at radius 1 is 1.35 bits per heavy atom. The Bertz CT molecular complexity index is 612. The van der Waals surface area contributed by atoms with Gasteiger partial charge in [0, 0.05) is 38.0 Å². The number of aliphatic imine (C=N–C) groups is 1. The molecule has 7 heteroatoms. The van der Waals surface area contributed by atoms with Gasteiger partial charge in [-0.15, -0.1) is 11.3 Å². The SMILES string of the molecule is CN=C(NCCCc1nc2c(s1)CCCC2)N1CCC(C(=O)OC)CC1. The lowest BCUT2D eigenvalue weighted by Crippen LogP contribution is -2.46. The number of aromatic nitrogens is 1. The number of rotatable bonds is 5. The number of hydrogen-bond acceptors (Lipinski definition) is 5. The molecule has 1 aliphatic carbocycles. The van der Waals surface area contributed by atoms with Gasteiger partial charge in [0.1, 0.15) is 0 Å². The van der Waals surface area contributed by atoms with Gasteiger partial charge < -0.3 is 15.0 Å². The molecular weight excluding hydrogens is 348 g/mol. The molecule has 6 nitrogen and oxygen atoms in total. The Morgan fingerprint density at radius 2 is 2.12 bits per heavy atom. The summed E-state index contributed by atoms with van der Waals surface area (Å²) in [4.78, 5) is 24.6. The third kappa shape index (κ3) is 4.75. The fourth-order valence-corrected chi connectivity index (χ4v) is 4.98. The number of carbonyl (C=O) groups excluding carboxylic acids is 1. The highest BCUT2D eigenvalue weighted by atomic mass is 32.1. The standard InChI is InChI=1S/C19H30N4O2S/c1-20-19(23-12-9-14(10-13-23)18(24)25-2)21-11-5-8-17-22-15-6-3-4-7-16(15)26-17/h14H,3-13H2,1-2H3,(H,20,21). The molecule has 0 atom stereocenters. The molecule has 0 spiro atoms. The summed E-state index contributed by atoms with van der Waals surface area (Å²) in [6.07, 6.45) is 8.75. The predicted octanol–water partition coefficient (Wildman–Crippen LogP) is 2.41. The number of fused-ring (bicyclic) bond motifs is 1. The van der Waals surface area contributed by atoms with E-state index in [0.717, 1.165) is 57.7 Å². The zero-order valence-electron chi connectivity index (χ0n) is 15.9. The van der Waals surface area contributed by atoms with E-state index in [9.17, 15) is 4.79 Å². The van der Waals surface area contributed by atoms with Gasteiger partial charge in [0.15, 0.2) is 5.96 Å². The van der Waals surface area contributed by atoms with Crippen molar-refractivity contribution in [2.75, 3.05) is 33.8 Å². The van der Waals surface area contributed by atoms with Gasteiger partial charge in [-0.2, -0.15) is 0 Å². The van der Waals surface area contributed by atoms with Gasteiger partial charge in [-0.3, -0.25) is 9.79 Å². The summed E-state index contributed by atoms with van der Waals surface area (Å²) in [7, 11) is 3.29. The van der Waals surface area contributed by atoms with Crippen LogP contribution in [-0.4, -0.2) is 55.6 Å². The number of guanidine groups is 1. The topological polar surface area (TPSA) is 66.8 Å². The molecule has 1 aromatic rings. The first kappa shape index (κ1) is 19.1. The molecule has 26 heavy (non-hydrogen) atoms. The van der Waals surface area contributed by atoms with E-state index in [-0.39, 0.29) is 11.9 Å². The second-order valence-electron chi connectivity index (χ2n) is 7.05. The fraction of sp³-hybridized carbons (Fsp3) is 0.737. The molecule has 2 heterocycles. The number of thiazole rings is 1. The maximum atomic E-state index is 11.6. The van der Waals surface area contributed by atoms with Crippen molar-refractivity contribution in [3.05, 3.63) is 15.6 Å². The van der Waals surface area contributed by atoms with E-state index in [1.807, 2.05) is 18.4 Å². The highest BCUT2D eigenvalue weighted by Crippen LogP contribution is 2.27. The van der Waals surface area contributed by atoms with E-state index in [1.54, 1.807) is 0 Å². The molecule has 2 aliphatic rings. The molecule has 1 aliphatic heterocycles. The van der Waals surface area contributed by atoms with Gasteiger partial charge in [0.2, 0.25) is 0 Å². The van der Waals surface area contributed by atoms with Crippen LogP contribution in [0, 0.1) is 5.92 Å². The van der Waals surface area contributed by atoms with Crippen molar-refractivity contribution in [1.82, 2.24) is 15.2 Å². The number of ether oxygens (including phenoxy) is 1. The number of hydrogen-bond donors (Lipinski definition) is 1. The van der Waals surface area contributed by atoms with Crippen LogP contribution in [0.5, 0.6) is 0 Å². The number of piperidine rings is 1. The normalized spacial score (nSPS) is 18.5. The average Bonchev–Trinajstić information content (AvgIpc) is 3.10. The lowest BCUT2D eigenvalue weighted by atomic mass is 9.97. The number of esters is 1.